The fourth-order valence-corrected chi connectivity index (χ4v) is 2.16. The molecule has 0 bridgehead atoms. The summed E-state index contributed by atoms with van der Waals surface area (Å²) < 4.78 is 2.34. The molecule has 1 aromatic heterocycles. The molecular formula is C12H13NO. The number of aromatic nitrogens is 1. The van der Waals surface area contributed by atoms with Gasteiger partial charge >= 0.3 is 0 Å². The first kappa shape index (κ1) is 7.92. The first-order chi connectivity index (χ1) is 6.75. The predicted octanol–water partition coefficient (Wildman–Crippen LogP) is 2.99. The quantitative estimate of drug-likeness (QED) is 0.729. The molecule has 3 rings (SSSR count). The molecule has 1 fully saturated rings. The van der Waals surface area contributed by atoms with Gasteiger partial charge in [-0.25, -0.2) is 0 Å². The molecular weight excluding hydrogens is 174 g/mol. The third-order valence-electron chi connectivity index (χ3n) is 2.93. The van der Waals surface area contributed by atoms with E-state index in [0.717, 1.165) is 0 Å². The normalized spacial score (nSPS) is 16.4. The zero-order chi connectivity index (χ0) is 9.71. The van der Waals surface area contributed by atoms with Crippen molar-refractivity contribution in [3.63, 3.8) is 0 Å². The summed E-state index contributed by atoms with van der Waals surface area (Å²) in [6, 6.07) is 8.46. The van der Waals surface area contributed by atoms with Gasteiger partial charge in [0.1, 0.15) is 5.75 Å². The second-order valence-corrected chi connectivity index (χ2v) is 4.13. The summed E-state index contributed by atoms with van der Waals surface area (Å²) in [6.07, 6.45) is 2.56. The van der Waals surface area contributed by atoms with Crippen LogP contribution in [0.4, 0.5) is 0 Å². The number of aromatic hydroxyl groups is 1. The maximum absolute atomic E-state index is 9.45. The smallest absolute Gasteiger partial charge is 0.117 e. The van der Waals surface area contributed by atoms with Crippen molar-refractivity contribution in [2.75, 3.05) is 0 Å². The van der Waals surface area contributed by atoms with E-state index in [1.54, 1.807) is 6.07 Å². The summed E-state index contributed by atoms with van der Waals surface area (Å²) in [5, 5.41) is 10.7. The predicted molar refractivity (Wildman–Crippen MR) is 56.6 cm³/mol. The van der Waals surface area contributed by atoms with Crippen molar-refractivity contribution in [3.8, 4) is 5.75 Å². The molecule has 2 aromatic rings. The topological polar surface area (TPSA) is 25.2 Å². The molecule has 2 heteroatoms. The number of phenols is 1. The highest BCUT2D eigenvalue weighted by Crippen LogP contribution is 2.39. The van der Waals surface area contributed by atoms with E-state index in [1.807, 2.05) is 12.1 Å². The van der Waals surface area contributed by atoms with Crippen molar-refractivity contribution in [1.29, 1.82) is 0 Å². The van der Waals surface area contributed by atoms with E-state index < -0.39 is 0 Å². The lowest BCUT2D eigenvalue weighted by Gasteiger charge is -2.05. The van der Waals surface area contributed by atoms with Crippen LogP contribution in [0.15, 0.2) is 24.3 Å². The maximum atomic E-state index is 9.45. The average Bonchev–Trinajstić information content (AvgIpc) is 2.90. The highest BCUT2D eigenvalue weighted by molar-refractivity contribution is 5.83. The van der Waals surface area contributed by atoms with Gasteiger partial charge in [0, 0.05) is 23.2 Å². The number of hydrogen-bond acceptors (Lipinski definition) is 1. The molecule has 72 valence electrons. The second-order valence-electron chi connectivity index (χ2n) is 4.13. The average molecular weight is 187 g/mol. The number of phenolic OH excluding ortho intramolecular Hbond substituents is 1. The van der Waals surface area contributed by atoms with Crippen LogP contribution in [0.1, 0.15) is 24.6 Å². The van der Waals surface area contributed by atoms with E-state index in [9.17, 15) is 5.11 Å². The molecule has 0 saturated heterocycles. The molecule has 1 saturated carbocycles. The summed E-state index contributed by atoms with van der Waals surface area (Å²) in [4.78, 5) is 0. The van der Waals surface area contributed by atoms with Crippen LogP contribution < -0.4 is 0 Å². The van der Waals surface area contributed by atoms with Gasteiger partial charge in [-0.1, -0.05) is 0 Å². The molecule has 0 aliphatic heterocycles. The van der Waals surface area contributed by atoms with Crippen molar-refractivity contribution in [2.24, 2.45) is 0 Å². The third-order valence-corrected chi connectivity index (χ3v) is 2.93. The van der Waals surface area contributed by atoms with Crippen molar-refractivity contribution < 1.29 is 5.11 Å². The number of fused-ring (bicyclic) bond motifs is 1. The molecule has 14 heavy (non-hydrogen) atoms. The Labute approximate surface area is 82.8 Å². The lowest BCUT2D eigenvalue weighted by Crippen LogP contribution is -1.94. The monoisotopic (exact) mass is 187 g/mol. The van der Waals surface area contributed by atoms with Gasteiger partial charge in [-0.2, -0.15) is 0 Å². The number of rotatable bonds is 1. The Kier molecular flexibility index (Phi) is 1.43. The van der Waals surface area contributed by atoms with Crippen molar-refractivity contribution in [3.05, 3.63) is 30.0 Å². The van der Waals surface area contributed by atoms with Crippen LogP contribution in [0.25, 0.3) is 10.9 Å². The summed E-state index contributed by atoms with van der Waals surface area (Å²) >= 11 is 0. The van der Waals surface area contributed by atoms with Gasteiger partial charge in [0.15, 0.2) is 0 Å². The van der Waals surface area contributed by atoms with Gasteiger partial charge in [-0.3, -0.25) is 0 Å². The molecule has 1 aliphatic carbocycles. The van der Waals surface area contributed by atoms with Crippen LogP contribution in [0.5, 0.6) is 5.75 Å². The molecule has 0 spiro atoms. The summed E-state index contributed by atoms with van der Waals surface area (Å²) in [7, 11) is 0. The summed E-state index contributed by atoms with van der Waals surface area (Å²) in [6.45, 7) is 2.13. The largest absolute Gasteiger partial charge is 0.508 e. The van der Waals surface area contributed by atoms with Crippen LogP contribution in [-0.4, -0.2) is 9.67 Å². The molecule has 1 N–H and O–H groups in total. The second kappa shape index (κ2) is 2.53. The Morgan fingerprint density at radius 2 is 2.07 bits per heavy atom. The van der Waals surface area contributed by atoms with Crippen molar-refractivity contribution in [2.45, 2.75) is 25.8 Å². The lowest BCUT2D eigenvalue weighted by atomic mass is 10.2. The van der Waals surface area contributed by atoms with Gasteiger partial charge in [0.25, 0.3) is 0 Å². The zero-order valence-electron chi connectivity index (χ0n) is 8.20. The molecule has 1 heterocycles. The Morgan fingerprint density at radius 3 is 2.79 bits per heavy atom. The third kappa shape index (κ3) is 1.03. The molecule has 0 amide bonds. The minimum Gasteiger partial charge on any atom is -0.508 e. The van der Waals surface area contributed by atoms with E-state index in [1.165, 1.54) is 29.4 Å². The Balaban J connectivity index is 2.34. The SMILES string of the molecule is Cc1cc2ccc(O)cc2n1C1CC1. The van der Waals surface area contributed by atoms with Gasteiger partial charge in [-0.05, 0) is 38.0 Å². The highest BCUT2D eigenvalue weighted by Gasteiger charge is 2.26. The van der Waals surface area contributed by atoms with Crippen LogP contribution >= 0.6 is 0 Å². The number of nitrogens with zero attached hydrogens (tertiary/aromatic N) is 1. The fourth-order valence-electron chi connectivity index (χ4n) is 2.16. The first-order valence-corrected chi connectivity index (χ1v) is 5.06. The Morgan fingerprint density at radius 1 is 1.29 bits per heavy atom. The minimum absolute atomic E-state index is 0.359. The first-order valence-electron chi connectivity index (χ1n) is 5.06. The van der Waals surface area contributed by atoms with E-state index in [4.69, 9.17) is 0 Å². The van der Waals surface area contributed by atoms with E-state index in [2.05, 4.69) is 17.6 Å². The lowest BCUT2D eigenvalue weighted by molar-refractivity contribution is 0.476. The number of aryl methyl sites for hydroxylation is 1. The van der Waals surface area contributed by atoms with Gasteiger partial charge < -0.3 is 9.67 Å². The summed E-state index contributed by atoms with van der Waals surface area (Å²) in [5.74, 6) is 0.359. The van der Waals surface area contributed by atoms with Gasteiger partial charge in [0.2, 0.25) is 0 Å². The van der Waals surface area contributed by atoms with Crippen molar-refractivity contribution in [1.82, 2.24) is 4.57 Å². The summed E-state index contributed by atoms with van der Waals surface area (Å²) in [5.41, 5.74) is 2.47. The molecule has 1 aliphatic rings. The standard InChI is InChI=1S/C12H13NO/c1-8-6-9-2-5-11(14)7-12(9)13(8)10-3-4-10/h2,5-7,10,14H,3-4H2,1H3. The van der Waals surface area contributed by atoms with E-state index >= 15 is 0 Å². The molecule has 0 atom stereocenters. The van der Waals surface area contributed by atoms with Crippen molar-refractivity contribution >= 4 is 10.9 Å². The van der Waals surface area contributed by atoms with Gasteiger partial charge in [0.05, 0.1) is 5.52 Å². The van der Waals surface area contributed by atoms with Crippen LogP contribution in [0.2, 0.25) is 0 Å². The Bertz CT molecular complexity index is 494. The molecule has 2 nitrogen and oxygen atoms in total. The maximum Gasteiger partial charge on any atom is 0.117 e. The Hall–Kier alpha value is -1.44. The van der Waals surface area contributed by atoms with Crippen LogP contribution in [0.3, 0.4) is 0 Å². The number of hydrogen-bond donors (Lipinski definition) is 1. The van der Waals surface area contributed by atoms with Crippen LogP contribution in [-0.2, 0) is 0 Å². The minimum atomic E-state index is 0.359. The molecule has 0 radical (unpaired) electrons. The van der Waals surface area contributed by atoms with E-state index in [0.29, 0.717) is 11.8 Å². The fraction of sp³-hybridized carbons (Fsp3) is 0.333. The van der Waals surface area contributed by atoms with Crippen LogP contribution in [0, 0.1) is 6.92 Å². The molecule has 1 aromatic carbocycles. The van der Waals surface area contributed by atoms with Gasteiger partial charge in [-0.15, -0.1) is 0 Å². The number of benzene rings is 1. The molecule has 0 unspecified atom stereocenters. The zero-order valence-corrected chi connectivity index (χ0v) is 8.20. The van der Waals surface area contributed by atoms with E-state index in [-0.39, 0.29) is 0 Å². The highest BCUT2D eigenvalue weighted by atomic mass is 16.3.